The molecule has 22 heavy (non-hydrogen) atoms. The number of rotatable bonds is 3. The largest absolute Gasteiger partial charge is 0.356 e. The maximum absolute atomic E-state index is 4.72. The zero-order valence-electron chi connectivity index (χ0n) is 13.7. The second-order valence-corrected chi connectivity index (χ2v) is 6.24. The van der Waals surface area contributed by atoms with Crippen LogP contribution in [0.1, 0.15) is 36.1 Å². The van der Waals surface area contributed by atoms with Crippen LogP contribution in [0.5, 0.6) is 0 Å². The van der Waals surface area contributed by atoms with Crippen molar-refractivity contribution in [3.05, 3.63) is 41.1 Å². The lowest BCUT2D eigenvalue weighted by molar-refractivity contribution is 0.573. The summed E-state index contributed by atoms with van der Waals surface area (Å²) in [5, 5.41) is 3.36. The molecule has 0 aliphatic carbocycles. The minimum atomic E-state index is 0.686. The van der Waals surface area contributed by atoms with Crippen LogP contribution >= 0.6 is 0 Å². The van der Waals surface area contributed by atoms with E-state index in [0.29, 0.717) is 5.95 Å². The van der Waals surface area contributed by atoms with Gasteiger partial charge in [-0.05, 0) is 63.3 Å². The molecule has 1 fully saturated rings. The van der Waals surface area contributed by atoms with Crippen molar-refractivity contribution in [3.8, 4) is 0 Å². The summed E-state index contributed by atoms with van der Waals surface area (Å²) in [5.74, 6) is 1.73. The summed E-state index contributed by atoms with van der Waals surface area (Å²) in [6.07, 6.45) is 3.83. The molecule has 1 aliphatic heterocycles. The highest BCUT2D eigenvalue weighted by Crippen LogP contribution is 2.22. The number of benzene rings is 1. The average Bonchev–Trinajstić information content (AvgIpc) is 2.46. The zero-order chi connectivity index (χ0) is 15.5. The van der Waals surface area contributed by atoms with E-state index in [1.807, 2.05) is 6.92 Å². The van der Waals surface area contributed by atoms with E-state index in [-0.39, 0.29) is 0 Å². The Kier molecular flexibility index (Phi) is 4.27. The number of piperidine rings is 1. The van der Waals surface area contributed by atoms with Gasteiger partial charge in [0, 0.05) is 30.5 Å². The smallest absolute Gasteiger partial charge is 0.229 e. The van der Waals surface area contributed by atoms with Gasteiger partial charge in [-0.25, -0.2) is 4.98 Å². The summed E-state index contributed by atoms with van der Waals surface area (Å²) in [4.78, 5) is 11.6. The van der Waals surface area contributed by atoms with E-state index in [2.05, 4.69) is 53.3 Å². The molecule has 1 aliphatic rings. The molecule has 0 saturated carbocycles. The molecule has 4 heteroatoms. The summed E-state index contributed by atoms with van der Waals surface area (Å²) in [6.45, 7) is 8.43. The van der Waals surface area contributed by atoms with E-state index in [1.54, 1.807) is 0 Å². The van der Waals surface area contributed by atoms with Crippen LogP contribution in [0.2, 0.25) is 0 Å². The van der Waals surface area contributed by atoms with E-state index >= 15 is 0 Å². The van der Waals surface area contributed by atoms with Crippen molar-refractivity contribution in [2.45, 2.75) is 40.0 Å². The van der Waals surface area contributed by atoms with Gasteiger partial charge >= 0.3 is 0 Å². The molecule has 3 rings (SSSR count). The van der Waals surface area contributed by atoms with Gasteiger partial charge in [-0.15, -0.1) is 0 Å². The SMILES string of the molecule is Cc1cc(C)cc(Nc2nc(C)cc(N3CCCCC3)n2)c1. The molecule has 1 aromatic heterocycles. The third-order valence-corrected chi connectivity index (χ3v) is 4.00. The molecule has 0 bridgehead atoms. The van der Waals surface area contributed by atoms with Gasteiger partial charge in [0.1, 0.15) is 5.82 Å². The molecule has 2 heterocycles. The minimum Gasteiger partial charge on any atom is -0.356 e. The third kappa shape index (κ3) is 3.56. The molecule has 0 amide bonds. The Labute approximate surface area is 132 Å². The van der Waals surface area contributed by atoms with Crippen molar-refractivity contribution in [2.24, 2.45) is 0 Å². The summed E-state index contributed by atoms with van der Waals surface area (Å²) in [7, 11) is 0. The quantitative estimate of drug-likeness (QED) is 0.924. The molecule has 116 valence electrons. The van der Waals surface area contributed by atoms with Gasteiger partial charge in [-0.2, -0.15) is 4.98 Å². The summed E-state index contributed by atoms with van der Waals surface area (Å²) < 4.78 is 0. The second kappa shape index (κ2) is 6.34. The Hall–Kier alpha value is -2.10. The van der Waals surface area contributed by atoms with Crippen molar-refractivity contribution in [3.63, 3.8) is 0 Å². The fourth-order valence-electron chi connectivity index (χ4n) is 3.07. The molecule has 0 unspecified atom stereocenters. The monoisotopic (exact) mass is 296 g/mol. The van der Waals surface area contributed by atoms with Crippen molar-refractivity contribution in [1.82, 2.24) is 9.97 Å². The molecule has 4 nitrogen and oxygen atoms in total. The first-order chi connectivity index (χ1) is 10.6. The van der Waals surface area contributed by atoms with Crippen molar-refractivity contribution in [2.75, 3.05) is 23.3 Å². The first-order valence-corrected chi connectivity index (χ1v) is 8.06. The standard InChI is InChI=1S/C18H24N4/c1-13-9-14(2)11-16(10-13)20-18-19-15(3)12-17(21-18)22-7-5-4-6-8-22/h9-12H,4-8H2,1-3H3,(H,19,20,21). The van der Waals surface area contributed by atoms with E-state index in [1.165, 1.54) is 30.4 Å². The highest BCUT2D eigenvalue weighted by Gasteiger charge is 2.14. The van der Waals surface area contributed by atoms with Gasteiger partial charge in [0.15, 0.2) is 0 Å². The minimum absolute atomic E-state index is 0.686. The van der Waals surface area contributed by atoms with Crippen molar-refractivity contribution in [1.29, 1.82) is 0 Å². The third-order valence-electron chi connectivity index (χ3n) is 4.00. The van der Waals surface area contributed by atoms with Gasteiger partial charge < -0.3 is 10.2 Å². The lowest BCUT2D eigenvalue weighted by Crippen LogP contribution is -2.30. The summed E-state index contributed by atoms with van der Waals surface area (Å²) in [5.41, 5.74) is 4.54. The van der Waals surface area contributed by atoms with Gasteiger partial charge in [-0.1, -0.05) is 6.07 Å². The molecule has 1 saturated heterocycles. The molecule has 1 aromatic carbocycles. The van der Waals surface area contributed by atoms with Crippen LogP contribution in [0, 0.1) is 20.8 Å². The highest BCUT2D eigenvalue weighted by molar-refractivity contribution is 5.58. The van der Waals surface area contributed by atoms with Crippen LogP contribution in [0.4, 0.5) is 17.5 Å². The van der Waals surface area contributed by atoms with E-state index < -0.39 is 0 Å². The molecule has 2 aromatic rings. The summed E-state index contributed by atoms with van der Waals surface area (Å²) >= 11 is 0. The van der Waals surface area contributed by atoms with Crippen LogP contribution < -0.4 is 10.2 Å². The van der Waals surface area contributed by atoms with Crippen molar-refractivity contribution >= 4 is 17.5 Å². The Bertz CT molecular complexity index is 640. The Balaban J connectivity index is 1.85. The molecule has 0 radical (unpaired) electrons. The molecule has 0 atom stereocenters. The van der Waals surface area contributed by atoms with Gasteiger partial charge in [0.2, 0.25) is 5.95 Å². The fraction of sp³-hybridized carbons (Fsp3) is 0.444. The lowest BCUT2D eigenvalue weighted by Gasteiger charge is -2.28. The number of nitrogens with one attached hydrogen (secondary N) is 1. The predicted octanol–water partition coefficient (Wildman–Crippen LogP) is 4.14. The predicted molar refractivity (Wildman–Crippen MR) is 92.0 cm³/mol. The van der Waals surface area contributed by atoms with Crippen LogP contribution in [-0.4, -0.2) is 23.1 Å². The van der Waals surface area contributed by atoms with Gasteiger partial charge in [0.25, 0.3) is 0 Å². The number of hydrogen-bond donors (Lipinski definition) is 1. The number of anilines is 3. The van der Waals surface area contributed by atoms with Crippen LogP contribution in [0.15, 0.2) is 24.3 Å². The van der Waals surface area contributed by atoms with E-state index in [0.717, 1.165) is 30.3 Å². The van der Waals surface area contributed by atoms with Crippen LogP contribution in [-0.2, 0) is 0 Å². The van der Waals surface area contributed by atoms with Crippen molar-refractivity contribution < 1.29 is 0 Å². The first-order valence-electron chi connectivity index (χ1n) is 8.06. The Morgan fingerprint density at radius 1 is 0.864 bits per heavy atom. The highest BCUT2D eigenvalue weighted by atomic mass is 15.2. The molecular formula is C18H24N4. The maximum Gasteiger partial charge on any atom is 0.229 e. The van der Waals surface area contributed by atoms with Crippen LogP contribution in [0.3, 0.4) is 0 Å². The zero-order valence-corrected chi connectivity index (χ0v) is 13.7. The first kappa shape index (κ1) is 14.8. The number of aryl methyl sites for hydroxylation is 3. The Morgan fingerprint density at radius 2 is 1.55 bits per heavy atom. The molecular weight excluding hydrogens is 272 g/mol. The number of aromatic nitrogens is 2. The number of hydrogen-bond acceptors (Lipinski definition) is 4. The van der Waals surface area contributed by atoms with Gasteiger partial charge in [0.05, 0.1) is 0 Å². The fourth-order valence-corrected chi connectivity index (χ4v) is 3.07. The van der Waals surface area contributed by atoms with Crippen LogP contribution in [0.25, 0.3) is 0 Å². The molecule has 1 N–H and O–H groups in total. The average molecular weight is 296 g/mol. The topological polar surface area (TPSA) is 41.1 Å². The van der Waals surface area contributed by atoms with E-state index in [9.17, 15) is 0 Å². The van der Waals surface area contributed by atoms with E-state index in [4.69, 9.17) is 4.98 Å². The van der Waals surface area contributed by atoms with Gasteiger partial charge in [-0.3, -0.25) is 0 Å². The number of nitrogens with zero attached hydrogens (tertiary/aromatic N) is 3. The second-order valence-electron chi connectivity index (χ2n) is 6.24. The summed E-state index contributed by atoms with van der Waals surface area (Å²) in [6, 6.07) is 8.50. The normalized spacial score (nSPS) is 15.0. The Morgan fingerprint density at radius 3 is 2.23 bits per heavy atom. The lowest BCUT2D eigenvalue weighted by atomic mass is 10.1. The molecule has 0 spiro atoms. The maximum atomic E-state index is 4.72.